The number of carbonyl (C=O) groups is 1. The summed E-state index contributed by atoms with van der Waals surface area (Å²) in [6.07, 6.45) is 0.977. The van der Waals surface area contributed by atoms with E-state index in [4.69, 9.17) is 15.2 Å². The number of nitrogens with two attached hydrogens (primary N) is 1. The predicted molar refractivity (Wildman–Crippen MR) is 45.7 cm³/mol. The number of hydrogen-bond donors (Lipinski definition) is 1. The maximum absolute atomic E-state index is 10.7. The number of amides is 1. The summed E-state index contributed by atoms with van der Waals surface area (Å²) in [6.45, 7) is 3.04. The second-order valence-electron chi connectivity index (χ2n) is 2.52. The van der Waals surface area contributed by atoms with Crippen molar-refractivity contribution in [3.63, 3.8) is 0 Å². The SMILES string of the molecule is CCC(OCCCOC)C(N)=O. The average Bonchev–Trinajstić information content (AvgIpc) is 2.04. The van der Waals surface area contributed by atoms with Crippen LogP contribution in [0.3, 0.4) is 0 Å². The van der Waals surface area contributed by atoms with Gasteiger partial charge in [0.1, 0.15) is 6.10 Å². The first-order chi connectivity index (χ1) is 5.72. The first-order valence-electron chi connectivity index (χ1n) is 4.12. The fourth-order valence-electron chi connectivity index (χ4n) is 0.830. The molecule has 4 nitrogen and oxygen atoms in total. The predicted octanol–water partition coefficient (Wildman–Crippen LogP) is 0.303. The molecule has 0 bridgehead atoms. The number of rotatable bonds is 7. The molecule has 2 N–H and O–H groups in total. The molecule has 0 saturated heterocycles. The lowest BCUT2D eigenvalue weighted by Gasteiger charge is -2.11. The van der Waals surface area contributed by atoms with Crippen molar-refractivity contribution in [1.29, 1.82) is 0 Å². The van der Waals surface area contributed by atoms with E-state index in [1.807, 2.05) is 6.92 Å². The summed E-state index contributed by atoms with van der Waals surface area (Å²) in [6, 6.07) is 0. The van der Waals surface area contributed by atoms with Gasteiger partial charge in [-0.2, -0.15) is 0 Å². The highest BCUT2D eigenvalue weighted by Gasteiger charge is 2.11. The van der Waals surface area contributed by atoms with Crippen molar-refractivity contribution in [2.45, 2.75) is 25.9 Å². The molecule has 0 fully saturated rings. The summed E-state index contributed by atoms with van der Waals surface area (Å²) in [4.78, 5) is 10.7. The molecule has 0 saturated carbocycles. The van der Waals surface area contributed by atoms with Gasteiger partial charge in [0.15, 0.2) is 0 Å². The van der Waals surface area contributed by atoms with Crippen LogP contribution >= 0.6 is 0 Å². The van der Waals surface area contributed by atoms with Crippen LogP contribution in [0.4, 0.5) is 0 Å². The van der Waals surface area contributed by atoms with E-state index in [-0.39, 0.29) is 0 Å². The molecule has 0 aliphatic carbocycles. The molecule has 0 aliphatic heterocycles. The van der Waals surface area contributed by atoms with Gasteiger partial charge in [-0.1, -0.05) is 6.92 Å². The molecule has 0 aromatic carbocycles. The van der Waals surface area contributed by atoms with Crippen molar-refractivity contribution >= 4 is 5.91 Å². The Morgan fingerprint density at radius 2 is 2.17 bits per heavy atom. The summed E-state index contributed by atoms with van der Waals surface area (Å²) in [5, 5.41) is 0. The van der Waals surface area contributed by atoms with E-state index in [2.05, 4.69) is 0 Å². The Labute approximate surface area is 73.0 Å². The minimum atomic E-state index is -0.443. The molecule has 72 valence electrons. The second kappa shape index (κ2) is 7.06. The zero-order chi connectivity index (χ0) is 9.40. The lowest BCUT2D eigenvalue weighted by Crippen LogP contribution is -2.30. The van der Waals surface area contributed by atoms with E-state index in [1.54, 1.807) is 7.11 Å². The normalized spacial score (nSPS) is 12.8. The highest BCUT2D eigenvalue weighted by atomic mass is 16.5. The molecule has 0 radical (unpaired) electrons. The molecular weight excluding hydrogens is 158 g/mol. The zero-order valence-electron chi connectivity index (χ0n) is 7.71. The van der Waals surface area contributed by atoms with E-state index in [0.29, 0.717) is 19.6 Å². The van der Waals surface area contributed by atoms with Gasteiger partial charge in [-0.3, -0.25) is 4.79 Å². The molecule has 0 spiro atoms. The Morgan fingerprint density at radius 1 is 1.50 bits per heavy atom. The van der Waals surface area contributed by atoms with Gasteiger partial charge in [0.2, 0.25) is 5.91 Å². The van der Waals surface area contributed by atoms with Crippen LogP contribution in [0.25, 0.3) is 0 Å². The van der Waals surface area contributed by atoms with Crippen molar-refractivity contribution in [2.24, 2.45) is 5.73 Å². The highest BCUT2D eigenvalue weighted by Crippen LogP contribution is 1.97. The molecule has 4 heteroatoms. The molecule has 0 aliphatic rings. The maximum Gasteiger partial charge on any atom is 0.246 e. The number of ether oxygens (including phenoxy) is 2. The molecule has 0 heterocycles. The summed E-state index contributed by atoms with van der Waals surface area (Å²) < 4.78 is 10.0. The summed E-state index contributed by atoms with van der Waals surface area (Å²) in [5.41, 5.74) is 5.07. The Kier molecular flexibility index (Phi) is 6.70. The van der Waals surface area contributed by atoms with Crippen LogP contribution < -0.4 is 5.73 Å². The van der Waals surface area contributed by atoms with Gasteiger partial charge in [-0.25, -0.2) is 0 Å². The van der Waals surface area contributed by atoms with Gasteiger partial charge in [-0.15, -0.1) is 0 Å². The second-order valence-corrected chi connectivity index (χ2v) is 2.52. The van der Waals surface area contributed by atoms with Crippen LogP contribution in [0.5, 0.6) is 0 Å². The molecule has 1 amide bonds. The standard InChI is InChI=1S/C8H17NO3/c1-3-7(8(9)10)12-6-4-5-11-2/h7H,3-6H2,1-2H3,(H2,9,10). The van der Waals surface area contributed by atoms with Gasteiger partial charge in [0.25, 0.3) is 0 Å². The van der Waals surface area contributed by atoms with Crippen molar-refractivity contribution < 1.29 is 14.3 Å². The quantitative estimate of drug-likeness (QED) is 0.566. The fraction of sp³-hybridized carbons (Fsp3) is 0.875. The van der Waals surface area contributed by atoms with Crippen LogP contribution in [0, 0.1) is 0 Å². The molecule has 0 aromatic rings. The van der Waals surface area contributed by atoms with E-state index in [9.17, 15) is 4.79 Å². The van der Waals surface area contributed by atoms with Gasteiger partial charge < -0.3 is 15.2 Å². The Balaban J connectivity index is 3.38. The molecule has 1 atom stereocenters. The summed E-state index contributed by atoms with van der Waals surface area (Å²) in [7, 11) is 1.63. The van der Waals surface area contributed by atoms with Crippen LogP contribution in [0.1, 0.15) is 19.8 Å². The minimum Gasteiger partial charge on any atom is -0.385 e. The largest absolute Gasteiger partial charge is 0.385 e. The van der Waals surface area contributed by atoms with Crippen molar-refractivity contribution in [2.75, 3.05) is 20.3 Å². The molecule has 0 aromatic heterocycles. The summed E-state index contributed by atoms with van der Waals surface area (Å²) in [5.74, 6) is -0.394. The Morgan fingerprint density at radius 3 is 2.58 bits per heavy atom. The number of methoxy groups -OCH3 is 1. The van der Waals surface area contributed by atoms with Crippen molar-refractivity contribution in [3.05, 3.63) is 0 Å². The van der Waals surface area contributed by atoms with Gasteiger partial charge in [0, 0.05) is 20.3 Å². The lowest BCUT2D eigenvalue weighted by molar-refractivity contribution is -0.129. The smallest absolute Gasteiger partial charge is 0.246 e. The van der Waals surface area contributed by atoms with Crippen LogP contribution in [0.2, 0.25) is 0 Å². The van der Waals surface area contributed by atoms with Gasteiger partial charge in [-0.05, 0) is 12.8 Å². The topological polar surface area (TPSA) is 61.6 Å². The van der Waals surface area contributed by atoms with E-state index in [1.165, 1.54) is 0 Å². The van der Waals surface area contributed by atoms with E-state index >= 15 is 0 Å². The monoisotopic (exact) mass is 175 g/mol. The average molecular weight is 175 g/mol. The zero-order valence-corrected chi connectivity index (χ0v) is 7.71. The Hall–Kier alpha value is -0.610. The fourth-order valence-corrected chi connectivity index (χ4v) is 0.830. The third-order valence-corrected chi connectivity index (χ3v) is 1.50. The number of carbonyl (C=O) groups excluding carboxylic acids is 1. The third kappa shape index (κ3) is 5.09. The van der Waals surface area contributed by atoms with Crippen LogP contribution in [0.15, 0.2) is 0 Å². The molecular formula is C8H17NO3. The van der Waals surface area contributed by atoms with Crippen molar-refractivity contribution in [1.82, 2.24) is 0 Å². The molecule has 0 rings (SSSR count). The van der Waals surface area contributed by atoms with Gasteiger partial charge >= 0.3 is 0 Å². The van der Waals surface area contributed by atoms with Crippen LogP contribution in [-0.2, 0) is 14.3 Å². The van der Waals surface area contributed by atoms with E-state index < -0.39 is 12.0 Å². The highest BCUT2D eigenvalue weighted by molar-refractivity contribution is 5.78. The Bertz CT molecular complexity index is 127. The number of hydrogen-bond acceptors (Lipinski definition) is 3. The molecule has 1 unspecified atom stereocenters. The third-order valence-electron chi connectivity index (χ3n) is 1.50. The van der Waals surface area contributed by atoms with Crippen LogP contribution in [-0.4, -0.2) is 32.3 Å². The minimum absolute atomic E-state index is 0.394. The maximum atomic E-state index is 10.7. The lowest BCUT2D eigenvalue weighted by atomic mass is 10.2. The summed E-state index contributed by atoms with van der Waals surface area (Å²) >= 11 is 0. The van der Waals surface area contributed by atoms with Crippen molar-refractivity contribution in [3.8, 4) is 0 Å². The van der Waals surface area contributed by atoms with Gasteiger partial charge in [0.05, 0.1) is 0 Å². The first-order valence-corrected chi connectivity index (χ1v) is 4.12. The van der Waals surface area contributed by atoms with E-state index in [0.717, 1.165) is 6.42 Å². The number of primary amides is 1. The molecule has 12 heavy (non-hydrogen) atoms. The first kappa shape index (κ1) is 11.4.